The first-order valence-electron chi connectivity index (χ1n) is 6.56. The monoisotopic (exact) mass is 288 g/mol. The Kier molecular flexibility index (Phi) is 5.15. The quantitative estimate of drug-likeness (QED) is 0.859. The largest absolute Gasteiger partial charge is 0.497 e. The molecular weight excluding hydrogens is 271 g/mol. The third kappa shape index (κ3) is 4.80. The van der Waals surface area contributed by atoms with E-state index in [4.69, 9.17) is 4.74 Å². The van der Waals surface area contributed by atoms with Gasteiger partial charge in [0.15, 0.2) is 0 Å². The SMILES string of the molecule is COc1cccc(NCC(=O)NCc2ccc(F)cc2)c1. The summed E-state index contributed by atoms with van der Waals surface area (Å²) in [4.78, 5) is 11.7. The molecule has 0 bridgehead atoms. The Morgan fingerprint density at radius 2 is 1.95 bits per heavy atom. The molecule has 2 aromatic rings. The van der Waals surface area contributed by atoms with Crippen molar-refractivity contribution in [3.05, 3.63) is 59.9 Å². The summed E-state index contributed by atoms with van der Waals surface area (Å²) in [6.07, 6.45) is 0. The van der Waals surface area contributed by atoms with Crippen LogP contribution in [0.2, 0.25) is 0 Å². The van der Waals surface area contributed by atoms with E-state index in [1.807, 2.05) is 24.3 Å². The van der Waals surface area contributed by atoms with Crippen molar-refractivity contribution in [3.8, 4) is 5.75 Å². The number of methoxy groups -OCH3 is 1. The van der Waals surface area contributed by atoms with E-state index >= 15 is 0 Å². The summed E-state index contributed by atoms with van der Waals surface area (Å²) in [7, 11) is 1.59. The summed E-state index contributed by atoms with van der Waals surface area (Å²) in [6, 6.07) is 13.4. The van der Waals surface area contributed by atoms with Gasteiger partial charge >= 0.3 is 0 Å². The molecule has 4 nitrogen and oxygen atoms in total. The molecule has 2 rings (SSSR count). The molecule has 0 aliphatic rings. The van der Waals surface area contributed by atoms with Gasteiger partial charge in [-0.2, -0.15) is 0 Å². The fourth-order valence-electron chi connectivity index (χ4n) is 1.78. The van der Waals surface area contributed by atoms with Crippen molar-refractivity contribution in [2.24, 2.45) is 0 Å². The fraction of sp³-hybridized carbons (Fsp3) is 0.188. The Morgan fingerprint density at radius 3 is 2.67 bits per heavy atom. The summed E-state index contributed by atoms with van der Waals surface area (Å²) < 4.78 is 17.9. The average Bonchev–Trinajstić information content (AvgIpc) is 2.52. The fourth-order valence-corrected chi connectivity index (χ4v) is 1.78. The van der Waals surface area contributed by atoms with Crippen LogP contribution in [0, 0.1) is 5.82 Å². The van der Waals surface area contributed by atoms with Gasteiger partial charge in [-0.15, -0.1) is 0 Å². The van der Waals surface area contributed by atoms with Crippen LogP contribution >= 0.6 is 0 Å². The average molecular weight is 288 g/mol. The maximum atomic E-state index is 12.7. The molecule has 21 heavy (non-hydrogen) atoms. The number of carbonyl (C=O) groups is 1. The van der Waals surface area contributed by atoms with Crippen LogP contribution in [0.4, 0.5) is 10.1 Å². The maximum Gasteiger partial charge on any atom is 0.239 e. The van der Waals surface area contributed by atoms with E-state index < -0.39 is 0 Å². The van der Waals surface area contributed by atoms with Crippen molar-refractivity contribution in [2.45, 2.75) is 6.54 Å². The third-order valence-corrected chi connectivity index (χ3v) is 2.93. The minimum Gasteiger partial charge on any atom is -0.497 e. The Morgan fingerprint density at radius 1 is 1.19 bits per heavy atom. The van der Waals surface area contributed by atoms with Crippen LogP contribution in [0.1, 0.15) is 5.56 Å². The lowest BCUT2D eigenvalue weighted by atomic mass is 10.2. The number of carbonyl (C=O) groups excluding carboxylic acids is 1. The zero-order chi connectivity index (χ0) is 15.1. The van der Waals surface area contributed by atoms with Crippen molar-refractivity contribution >= 4 is 11.6 Å². The normalized spacial score (nSPS) is 10.0. The number of halogens is 1. The molecule has 2 N–H and O–H groups in total. The molecule has 0 heterocycles. The van der Waals surface area contributed by atoms with Crippen LogP contribution in [0.15, 0.2) is 48.5 Å². The predicted molar refractivity (Wildman–Crippen MR) is 79.7 cm³/mol. The summed E-state index contributed by atoms with van der Waals surface area (Å²) in [5.41, 5.74) is 1.66. The molecule has 0 atom stereocenters. The van der Waals surface area contributed by atoms with Crippen molar-refractivity contribution in [2.75, 3.05) is 19.0 Å². The highest BCUT2D eigenvalue weighted by Gasteiger charge is 2.02. The topological polar surface area (TPSA) is 50.4 Å². The smallest absolute Gasteiger partial charge is 0.239 e. The van der Waals surface area contributed by atoms with E-state index in [-0.39, 0.29) is 18.3 Å². The van der Waals surface area contributed by atoms with Gasteiger partial charge in [-0.3, -0.25) is 4.79 Å². The standard InChI is InChI=1S/C16H17FN2O2/c1-21-15-4-2-3-14(9-15)18-11-16(20)19-10-12-5-7-13(17)8-6-12/h2-9,18H,10-11H2,1H3,(H,19,20). The van der Waals surface area contributed by atoms with Gasteiger partial charge in [0.25, 0.3) is 0 Å². The molecule has 0 aliphatic heterocycles. The molecule has 0 unspecified atom stereocenters. The van der Waals surface area contributed by atoms with E-state index in [0.717, 1.165) is 17.0 Å². The number of hydrogen-bond donors (Lipinski definition) is 2. The van der Waals surface area contributed by atoms with Gasteiger partial charge in [0.2, 0.25) is 5.91 Å². The third-order valence-electron chi connectivity index (χ3n) is 2.93. The second kappa shape index (κ2) is 7.28. The van der Waals surface area contributed by atoms with E-state index in [1.165, 1.54) is 12.1 Å². The van der Waals surface area contributed by atoms with Gasteiger partial charge in [-0.05, 0) is 29.8 Å². The first-order chi connectivity index (χ1) is 10.2. The second-order valence-electron chi connectivity index (χ2n) is 4.49. The molecule has 0 spiro atoms. The van der Waals surface area contributed by atoms with Crippen LogP contribution < -0.4 is 15.4 Å². The molecule has 0 fully saturated rings. The minimum atomic E-state index is -0.287. The van der Waals surface area contributed by atoms with Crippen molar-refractivity contribution in [1.29, 1.82) is 0 Å². The molecule has 0 saturated carbocycles. The van der Waals surface area contributed by atoms with Crippen LogP contribution in [0.5, 0.6) is 5.75 Å². The number of ether oxygens (including phenoxy) is 1. The lowest BCUT2D eigenvalue weighted by molar-refractivity contribution is -0.119. The van der Waals surface area contributed by atoms with Crippen LogP contribution in [0.25, 0.3) is 0 Å². The number of amides is 1. The van der Waals surface area contributed by atoms with Gasteiger partial charge in [0.1, 0.15) is 11.6 Å². The number of benzene rings is 2. The predicted octanol–water partition coefficient (Wildman–Crippen LogP) is 2.56. The minimum absolute atomic E-state index is 0.137. The summed E-state index contributed by atoms with van der Waals surface area (Å²) in [6.45, 7) is 0.535. The molecule has 0 saturated heterocycles. The van der Waals surface area contributed by atoms with Gasteiger partial charge in [0.05, 0.1) is 13.7 Å². The Bertz CT molecular complexity index is 599. The number of hydrogen-bond acceptors (Lipinski definition) is 3. The molecule has 0 aliphatic carbocycles. The molecule has 0 aromatic heterocycles. The molecule has 110 valence electrons. The first-order valence-corrected chi connectivity index (χ1v) is 6.56. The van der Waals surface area contributed by atoms with E-state index in [1.54, 1.807) is 19.2 Å². The first kappa shape index (κ1) is 14.8. The van der Waals surface area contributed by atoms with Crippen molar-refractivity contribution in [1.82, 2.24) is 5.32 Å². The Balaban J connectivity index is 1.78. The van der Waals surface area contributed by atoms with Gasteiger partial charge in [0, 0.05) is 18.3 Å². The molecule has 2 aromatic carbocycles. The Hall–Kier alpha value is -2.56. The van der Waals surface area contributed by atoms with Crippen LogP contribution in [-0.4, -0.2) is 19.6 Å². The maximum absolute atomic E-state index is 12.7. The van der Waals surface area contributed by atoms with Crippen molar-refractivity contribution < 1.29 is 13.9 Å². The van der Waals surface area contributed by atoms with Gasteiger partial charge in [-0.25, -0.2) is 4.39 Å². The molecule has 5 heteroatoms. The summed E-state index contributed by atoms with van der Waals surface area (Å²) >= 11 is 0. The highest BCUT2D eigenvalue weighted by molar-refractivity contribution is 5.80. The van der Waals surface area contributed by atoms with Gasteiger partial charge < -0.3 is 15.4 Å². The van der Waals surface area contributed by atoms with Gasteiger partial charge in [-0.1, -0.05) is 18.2 Å². The summed E-state index contributed by atoms with van der Waals surface area (Å²) in [5, 5.41) is 5.77. The van der Waals surface area contributed by atoms with Crippen molar-refractivity contribution in [3.63, 3.8) is 0 Å². The summed E-state index contributed by atoms with van der Waals surface area (Å²) in [5.74, 6) is 0.304. The van der Waals surface area contributed by atoms with E-state index in [0.29, 0.717) is 6.54 Å². The number of nitrogens with one attached hydrogen (secondary N) is 2. The lowest BCUT2D eigenvalue weighted by Crippen LogP contribution is -2.29. The van der Waals surface area contributed by atoms with E-state index in [2.05, 4.69) is 10.6 Å². The Labute approximate surface area is 122 Å². The van der Waals surface area contributed by atoms with Crippen LogP contribution in [-0.2, 0) is 11.3 Å². The number of anilines is 1. The van der Waals surface area contributed by atoms with E-state index in [9.17, 15) is 9.18 Å². The zero-order valence-corrected chi connectivity index (χ0v) is 11.7. The lowest BCUT2D eigenvalue weighted by Gasteiger charge is -2.09. The number of rotatable bonds is 6. The molecule has 0 radical (unpaired) electrons. The van der Waals surface area contributed by atoms with Crippen LogP contribution in [0.3, 0.4) is 0 Å². The molecule has 1 amide bonds. The molecular formula is C16H17FN2O2. The highest BCUT2D eigenvalue weighted by atomic mass is 19.1. The zero-order valence-electron chi connectivity index (χ0n) is 11.7. The second-order valence-corrected chi connectivity index (χ2v) is 4.49. The highest BCUT2D eigenvalue weighted by Crippen LogP contribution is 2.16.